The molecule has 0 heterocycles. The highest BCUT2D eigenvalue weighted by Crippen LogP contribution is 2.09. The lowest BCUT2D eigenvalue weighted by molar-refractivity contribution is 0.164. The number of nitrogens with two attached hydrogens (primary N) is 1. The Morgan fingerprint density at radius 2 is 1.76 bits per heavy atom. The minimum atomic E-state index is -3.33. The summed E-state index contributed by atoms with van der Waals surface area (Å²) in [5.74, 6) is 0. The molecule has 0 aliphatic heterocycles. The Morgan fingerprint density at radius 1 is 1.18 bits per heavy atom. The topological polar surface area (TPSA) is 81.9 Å². The highest BCUT2D eigenvalue weighted by Gasteiger charge is 2.27. The highest BCUT2D eigenvalue weighted by atomic mass is 32.2. The van der Waals surface area contributed by atoms with E-state index in [9.17, 15) is 8.42 Å². The maximum atomic E-state index is 12.1. The van der Waals surface area contributed by atoms with Gasteiger partial charge in [-0.1, -0.05) is 0 Å². The molecule has 0 saturated carbocycles. The molecule has 1 unspecified atom stereocenters. The molecular weight excluding hydrogens is 244 g/mol. The summed E-state index contributed by atoms with van der Waals surface area (Å²) in [5.41, 5.74) is 5.42. The van der Waals surface area contributed by atoms with Crippen LogP contribution in [0.4, 0.5) is 0 Å². The van der Waals surface area contributed by atoms with Gasteiger partial charge in [0.05, 0.1) is 11.9 Å². The Kier molecular flexibility index (Phi) is 8.71. The van der Waals surface area contributed by atoms with Crippen molar-refractivity contribution < 1.29 is 17.9 Å². The van der Waals surface area contributed by atoms with Crippen LogP contribution in [-0.4, -0.2) is 65.0 Å². The summed E-state index contributed by atoms with van der Waals surface area (Å²) in [5, 5.41) is -0.568. The summed E-state index contributed by atoms with van der Waals surface area (Å²) in [6.45, 7) is 3.44. The van der Waals surface area contributed by atoms with E-state index in [-0.39, 0.29) is 6.54 Å². The molecule has 0 saturated heterocycles. The summed E-state index contributed by atoms with van der Waals surface area (Å²) in [6, 6.07) is 0. The third-order valence-electron chi connectivity index (χ3n) is 2.50. The molecule has 0 aromatic rings. The minimum absolute atomic E-state index is 0.121. The standard InChI is InChI=1S/C10H24N2O4S/c1-10(9-11)17(13,14)12(6-8-16-3)5-4-7-15-2/h10H,4-9,11H2,1-3H3. The molecule has 0 spiro atoms. The Balaban J connectivity index is 4.54. The summed E-state index contributed by atoms with van der Waals surface area (Å²) in [7, 11) is -0.189. The molecule has 0 bridgehead atoms. The number of nitrogens with zero attached hydrogens (tertiary/aromatic N) is 1. The van der Waals surface area contributed by atoms with Crippen LogP contribution in [0, 0.1) is 0 Å². The SMILES string of the molecule is COCCCN(CCOC)S(=O)(=O)C(C)CN. The van der Waals surface area contributed by atoms with Crippen molar-refractivity contribution in [1.82, 2.24) is 4.31 Å². The molecule has 0 aliphatic carbocycles. The van der Waals surface area contributed by atoms with E-state index in [0.29, 0.717) is 32.7 Å². The number of sulfonamides is 1. The van der Waals surface area contributed by atoms with Gasteiger partial charge in [0.2, 0.25) is 10.0 Å². The van der Waals surface area contributed by atoms with Crippen LogP contribution in [0.25, 0.3) is 0 Å². The van der Waals surface area contributed by atoms with Crippen molar-refractivity contribution in [2.75, 3.05) is 47.1 Å². The van der Waals surface area contributed by atoms with Crippen LogP contribution in [0.3, 0.4) is 0 Å². The number of ether oxygens (including phenoxy) is 2. The van der Waals surface area contributed by atoms with Gasteiger partial charge in [0.15, 0.2) is 0 Å². The van der Waals surface area contributed by atoms with Crippen molar-refractivity contribution in [3.05, 3.63) is 0 Å². The monoisotopic (exact) mass is 268 g/mol. The second-order valence-corrected chi connectivity index (χ2v) is 6.18. The van der Waals surface area contributed by atoms with Gasteiger partial charge in [-0.2, -0.15) is 4.31 Å². The zero-order valence-corrected chi connectivity index (χ0v) is 11.7. The lowest BCUT2D eigenvalue weighted by Gasteiger charge is -2.24. The number of rotatable bonds is 10. The summed E-state index contributed by atoms with van der Waals surface area (Å²) < 4.78 is 35.5. The Labute approximate surface area is 104 Å². The van der Waals surface area contributed by atoms with E-state index in [1.807, 2.05) is 0 Å². The van der Waals surface area contributed by atoms with Gasteiger partial charge in [-0.25, -0.2) is 8.42 Å². The van der Waals surface area contributed by atoms with Gasteiger partial charge in [-0.05, 0) is 13.3 Å². The third-order valence-corrected chi connectivity index (χ3v) is 4.80. The molecule has 0 amide bonds. The zero-order chi connectivity index (χ0) is 13.3. The predicted octanol–water partition coefficient (Wildman–Crippen LogP) is -0.352. The molecule has 104 valence electrons. The van der Waals surface area contributed by atoms with Crippen molar-refractivity contribution in [1.29, 1.82) is 0 Å². The fourth-order valence-electron chi connectivity index (χ4n) is 1.32. The van der Waals surface area contributed by atoms with Gasteiger partial charge >= 0.3 is 0 Å². The molecule has 0 rings (SSSR count). The van der Waals surface area contributed by atoms with Crippen molar-refractivity contribution in [2.24, 2.45) is 5.73 Å². The zero-order valence-electron chi connectivity index (χ0n) is 10.9. The first-order chi connectivity index (χ1) is 8.00. The Morgan fingerprint density at radius 3 is 2.24 bits per heavy atom. The van der Waals surface area contributed by atoms with Gasteiger partial charge in [-0.15, -0.1) is 0 Å². The molecule has 0 aromatic heterocycles. The van der Waals surface area contributed by atoms with E-state index in [0.717, 1.165) is 0 Å². The van der Waals surface area contributed by atoms with Crippen molar-refractivity contribution in [2.45, 2.75) is 18.6 Å². The second kappa shape index (κ2) is 8.82. The second-order valence-electron chi connectivity index (χ2n) is 3.83. The van der Waals surface area contributed by atoms with Gasteiger partial charge in [0.1, 0.15) is 0 Å². The molecule has 1 atom stereocenters. The smallest absolute Gasteiger partial charge is 0.218 e. The van der Waals surface area contributed by atoms with E-state index >= 15 is 0 Å². The lowest BCUT2D eigenvalue weighted by Crippen LogP contribution is -2.43. The molecule has 2 N–H and O–H groups in total. The van der Waals surface area contributed by atoms with Crippen LogP contribution < -0.4 is 5.73 Å². The van der Waals surface area contributed by atoms with E-state index in [1.54, 1.807) is 21.1 Å². The predicted molar refractivity (Wildman–Crippen MR) is 67.4 cm³/mol. The van der Waals surface area contributed by atoms with E-state index in [4.69, 9.17) is 15.2 Å². The van der Waals surface area contributed by atoms with Crippen LogP contribution in [0.15, 0.2) is 0 Å². The van der Waals surface area contributed by atoms with Crippen LogP contribution in [-0.2, 0) is 19.5 Å². The molecule has 0 aromatic carbocycles. The molecule has 17 heavy (non-hydrogen) atoms. The fraction of sp³-hybridized carbons (Fsp3) is 1.00. The van der Waals surface area contributed by atoms with E-state index < -0.39 is 15.3 Å². The Hall–Kier alpha value is -0.210. The number of hydrogen-bond acceptors (Lipinski definition) is 5. The molecule has 0 aliphatic rings. The largest absolute Gasteiger partial charge is 0.385 e. The van der Waals surface area contributed by atoms with E-state index in [2.05, 4.69) is 0 Å². The number of hydrogen-bond donors (Lipinski definition) is 1. The first-order valence-corrected chi connectivity index (χ1v) is 7.17. The average Bonchev–Trinajstić information content (AvgIpc) is 2.32. The van der Waals surface area contributed by atoms with Crippen LogP contribution in [0.5, 0.6) is 0 Å². The normalized spacial score (nSPS) is 14.2. The highest BCUT2D eigenvalue weighted by molar-refractivity contribution is 7.89. The molecule has 0 radical (unpaired) electrons. The van der Waals surface area contributed by atoms with Gasteiger partial charge in [0, 0.05) is 40.5 Å². The first kappa shape index (κ1) is 16.8. The summed E-state index contributed by atoms with van der Waals surface area (Å²) in [6.07, 6.45) is 0.663. The maximum Gasteiger partial charge on any atom is 0.218 e. The quantitative estimate of drug-likeness (QED) is 0.548. The van der Waals surface area contributed by atoms with Crippen molar-refractivity contribution in [3.8, 4) is 0 Å². The van der Waals surface area contributed by atoms with Crippen molar-refractivity contribution >= 4 is 10.0 Å². The average molecular weight is 268 g/mol. The Bertz CT molecular complexity index is 282. The summed E-state index contributed by atoms with van der Waals surface area (Å²) >= 11 is 0. The third kappa shape index (κ3) is 5.78. The number of methoxy groups -OCH3 is 2. The van der Waals surface area contributed by atoms with Crippen LogP contribution >= 0.6 is 0 Å². The van der Waals surface area contributed by atoms with Crippen molar-refractivity contribution in [3.63, 3.8) is 0 Å². The van der Waals surface area contributed by atoms with Gasteiger partial charge in [-0.3, -0.25) is 0 Å². The van der Waals surface area contributed by atoms with Gasteiger partial charge < -0.3 is 15.2 Å². The lowest BCUT2D eigenvalue weighted by atomic mass is 10.4. The minimum Gasteiger partial charge on any atom is -0.385 e. The van der Waals surface area contributed by atoms with E-state index in [1.165, 1.54) is 4.31 Å². The fourth-order valence-corrected chi connectivity index (χ4v) is 2.79. The van der Waals surface area contributed by atoms with Gasteiger partial charge in [0.25, 0.3) is 0 Å². The molecular formula is C10H24N2O4S. The molecule has 7 heteroatoms. The maximum absolute atomic E-state index is 12.1. The summed E-state index contributed by atoms with van der Waals surface area (Å²) in [4.78, 5) is 0. The molecule has 6 nitrogen and oxygen atoms in total. The van der Waals surface area contributed by atoms with Crippen LogP contribution in [0.1, 0.15) is 13.3 Å². The molecule has 0 fully saturated rings. The van der Waals surface area contributed by atoms with Crippen LogP contribution in [0.2, 0.25) is 0 Å². The first-order valence-electron chi connectivity index (χ1n) is 5.67.